The molecule has 3 unspecified atom stereocenters. The third kappa shape index (κ3) is 2.20. The molecule has 2 aliphatic rings. The topological polar surface area (TPSA) is 62.5 Å². The van der Waals surface area contributed by atoms with Crippen LogP contribution < -0.4 is 5.32 Å². The summed E-state index contributed by atoms with van der Waals surface area (Å²) >= 11 is 0. The van der Waals surface area contributed by atoms with E-state index in [0.29, 0.717) is 34.9 Å². The fourth-order valence-electron chi connectivity index (χ4n) is 4.86. The van der Waals surface area contributed by atoms with Crippen molar-refractivity contribution in [1.82, 2.24) is 5.32 Å². The molecule has 0 aromatic carbocycles. The van der Waals surface area contributed by atoms with E-state index in [-0.39, 0.29) is 5.56 Å². The predicted octanol–water partition coefficient (Wildman–Crippen LogP) is 3.59. The Kier molecular flexibility index (Phi) is 3.21. The summed E-state index contributed by atoms with van der Waals surface area (Å²) < 4.78 is 5.57. The fraction of sp³-hybridized carbons (Fsp3) is 0.706. The Morgan fingerprint density at radius 2 is 2.19 bits per heavy atom. The monoisotopic (exact) mass is 291 g/mol. The molecule has 0 amide bonds. The van der Waals surface area contributed by atoms with Crippen molar-refractivity contribution < 1.29 is 14.3 Å². The van der Waals surface area contributed by atoms with Crippen LogP contribution in [0.3, 0.4) is 0 Å². The lowest BCUT2D eigenvalue weighted by molar-refractivity contribution is 0.0695. The highest BCUT2D eigenvalue weighted by atomic mass is 16.4. The molecule has 4 nitrogen and oxygen atoms in total. The van der Waals surface area contributed by atoms with Gasteiger partial charge in [0.15, 0.2) is 0 Å². The molecule has 1 aromatic rings. The quantitative estimate of drug-likeness (QED) is 0.890. The molecular weight excluding hydrogens is 266 g/mol. The van der Waals surface area contributed by atoms with E-state index in [9.17, 15) is 4.79 Å². The molecular formula is C17H25NO3. The summed E-state index contributed by atoms with van der Waals surface area (Å²) in [5, 5.41) is 12.7. The van der Waals surface area contributed by atoms with Crippen molar-refractivity contribution in [2.75, 3.05) is 0 Å². The molecule has 3 atom stereocenters. The summed E-state index contributed by atoms with van der Waals surface area (Å²) in [6.45, 7) is 9.40. The fourth-order valence-corrected chi connectivity index (χ4v) is 4.86. The highest BCUT2D eigenvalue weighted by molar-refractivity contribution is 5.88. The first-order valence-corrected chi connectivity index (χ1v) is 7.80. The van der Waals surface area contributed by atoms with Crippen molar-refractivity contribution in [2.24, 2.45) is 16.7 Å². The third-order valence-corrected chi connectivity index (χ3v) is 5.95. The number of nitrogens with one attached hydrogen (secondary N) is 1. The van der Waals surface area contributed by atoms with Gasteiger partial charge in [-0.2, -0.15) is 0 Å². The van der Waals surface area contributed by atoms with Gasteiger partial charge in [0, 0.05) is 6.04 Å². The molecule has 0 radical (unpaired) electrons. The van der Waals surface area contributed by atoms with E-state index >= 15 is 0 Å². The molecule has 116 valence electrons. The number of aromatic carboxylic acids is 1. The van der Waals surface area contributed by atoms with Crippen molar-refractivity contribution >= 4 is 5.97 Å². The summed E-state index contributed by atoms with van der Waals surface area (Å²) in [5.74, 6) is 1.08. The number of aryl methyl sites for hydroxylation is 1. The van der Waals surface area contributed by atoms with Crippen LogP contribution in [-0.2, 0) is 6.54 Å². The molecule has 0 spiro atoms. The number of carbonyl (C=O) groups is 1. The van der Waals surface area contributed by atoms with E-state index in [0.717, 1.165) is 5.92 Å². The molecule has 2 aliphatic carbocycles. The van der Waals surface area contributed by atoms with E-state index in [1.54, 1.807) is 13.0 Å². The molecule has 0 saturated heterocycles. The van der Waals surface area contributed by atoms with Crippen molar-refractivity contribution in [3.05, 3.63) is 23.2 Å². The number of carboxylic acid groups (broad SMARTS) is 1. The summed E-state index contributed by atoms with van der Waals surface area (Å²) in [6, 6.07) is 2.11. The Bertz CT molecular complexity index is 570. The molecule has 2 saturated carbocycles. The van der Waals surface area contributed by atoms with Gasteiger partial charge < -0.3 is 14.8 Å². The van der Waals surface area contributed by atoms with E-state index in [4.69, 9.17) is 9.52 Å². The SMILES string of the molecule is Cc1oc(CNC2C3(C)CCC(C3)C2(C)C)cc1C(=O)O. The van der Waals surface area contributed by atoms with Crippen LogP contribution in [0.1, 0.15) is 61.9 Å². The van der Waals surface area contributed by atoms with E-state index < -0.39 is 5.97 Å². The van der Waals surface area contributed by atoms with Crippen molar-refractivity contribution in [1.29, 1.82) is 0 Å². The first-order chi connectivity index (χ1) is 9.74. The minimum absolute atomic E-state index is 0.269. The molecule has 0 aliphatic heterocycles. The van der Waals surface area contributed by atoms with Gasteiger partial charge in [-0.05, 0) is 49.0 Å². The first kappa shape index (κ1) is 14.6. The van der Waals surface area contributed by atoms with Gasteiger partial charge in [0.05, 0.1) is 6.54 Å². The Morgan fingerprint density at radius 3 is 2.71 bits per heavy atom. The van der Waals surface area contributed by atoms with Gasteiger partial charge in [0.2, 0.25) is 0 Å². The van der Waals surface area contributed by atoms with Crippen LogP contribution in [0.15, 0.2) is 10.5 Å². The number of furan rings is 1. The first-order valence-electron chi connectivity index (χ1n) is 7.80. The third-order valence-electron chi connectivity index (χ3n) is 5.95. The minimum Gasteiger partial charge on any atom is -0.478 e. The second kappa shape index (κ2) is 4.60. The maximum atomic E-state index is 11.1. The lowest BCUT2D eigenvalue weighted by Crippen LogP contribution is -2.49. The van der Waals surface area contributed by atoms with Crippen LogP contribution in [0.2, 0.25) is 0 Å². The second-order valence-electron chi connectivity index (χ2n) is 7.72. The largest absolute Gasteiger partial charge is 0.478 e. The van der Waals surface area contributed by atoms with Gasteiger partial charge in [0.1, 0.15) is 17.1 Å². The molecule has 2 bridgehead atoms. The zero-order chi connectivity index (χ0) is 15.4. The van der Waals surface area contributed by atoms with Crippen LogP contribution in [0, 0.1) is 23.7 Å². The molecule has 2 N–H and O–H groups in total. The number of hydrogen-bond donors (Lipinski definition) is 2. The maximum Gasteiger partial charge on any atom is 0.339 e. The maximum absolute atomic E-state index is 11.1. The molecule has 1 heterocycles. The number of hydrogen-bond acceptors (Lipinski definition) is 3. The van der Waals surface area contributed by atoms with Crippen molar-refractivity contribution in [3.8, 4) is 0 Å². The smallest absolute Gasteiger partial charge is 0.339 e. The van der Waals surface area contributed by atoms with Gasteiger partial charge in [0.25, 0.3) is 0 Å². The minimum atomic E-state index is -0.922. The molecule has 1 aromatic heterocycles. The van der Waals surface area contributed by atoms with Crippen molar-refractivity contribution in [2.45, 2.75) is 59.5 Å². The number of rotatable bonds is 4. The van der Waals surface area contributed by atoms with Crippen LogP contribution in [0.5, 0.6) is 0 Å². The average Bonchev–Trinajstić information content (AvgIpc) is 2.98. The van der Waals surface area contributed by atoms with Crippen LogP contribution in [0.25, 0.3) is 0 Å². The zero-order valence-electron chi connectivity index (χ0n) is 13.3. The Balaban J connectivity index is 1.73. The zero-order valence-corrected chi connectivity index (χ0v) is 13.3. The molecule has 21 heavy (non-hydrogen) atoms. The van der Waals surface area contributed by atoms with E-state index in [1.807, 2.05) is 0 Å². The highest BCUT2D eigenvalue weighted by Crippen LogP contribution is 2.62. The van der Waals surface area contributed by atoms with E-state index in [1.165, 1.54) is 19.3 Å². The van der Waals surface area contributed by atoms with Gasteiger partial charge in [-0.3, -0.25) is 0 Å². The summed E-state index contributed by atoms with van der Waals surface area (Å²) in [7, 11) is 0. The summed E-state index contributed by atoms with van der Waals surface area (Å²) in [6.07, 6.45) is 3.93. The summed E-state index contributed by atoms with van der Waals surface area (Å²) in [4.78, 5) is 11.1. The lowest BCUT2D eigenvalue weighted by atomic mass is 9.68. The Labute approximate surface area is 125 Å². The van der Waals surface area contributed by atoms with Gasteiger partial charge >= 0.3 is 5.97 Å². The van der Waals surface area contributed by atoms with Crippen LogP contribution in [-0.4, -0.2) is 17.1 Å². The molecule has 2 fully saturated rings. The standard InChI is InChI=1S/C17H25NO3/c1-10-13(14(19)20)7-12(21-10)9-18-15-16(2,3)11-5-6-17(15,4)8-11/h7,11,15,18H,5-6,8-9H2,1-4H3,(H,19,20). The number of carboxylic acids is 1. The molecule has 4 heteroatoms. The Hall–Kier alpha value is -1.29. The highest BCUT2D eigenvalue weighted by Gasteiger charge is 2.58. The normalized spacial score (nSPS) is 33.5. The molecule has 3 rings (SSSR count). The van der Waals surface area contributed by atoms with Gasteiger partial charge in [-0.25, -0.2) is 4.79 Å². The van der Waals surface area contributed by atoms with Crippen molar-refractivity contribution in [3.63, 3.8) is 0 Å². The van der Waals surface area contributed by atoms with E-state index in [2.05, 4.69) is 26.1 Å². The average molecular weight is 291 g/mol. The van der Waals surface area contributed by atoms with Gasteiger partial charge in [-0.1, -0.05) is 20.8 Å². The Morgan fingerprint density at radius 1 is 1.48 bits per heavy atom. The number of fused-ring (bicyclic) bond motifs is 2. The predicted molar refractivity (Wildman–Crippen MR) is 80.3 cm³/mol. The van der Waals surface area contributed by atoms with Gasteiger partial charge in [-0.15, -0.1) is 0 Å². The lowest BCUT2D eigenvalue weighted by Gasteiger charge is -2.43. The van der Waals surface area contributed by atoms with Crippen LogP contribution >= 0.6 is 0 Å². The summed E-state index contributed by atoms with van der Waals surface area (Å²) in [5.41, 5.74) is 0.931. The second-order valence-corrected chi connectivity index (χ2v) is 7.72. The van der Waals surface area contributed by atoms with Crippen LogP contribution in [0.4, 0.5) is 0 Å².